The zero-order valence-corrected chi connectivity index (χ0v) is 7.07. The van der Waals surface area contributed by atoms with Gasteiger partial charge in [0.05, 0.1) is 0 Å². The molecule has 1 N–H and O–H groups in total. The lowest BCUT2D eigenvalue weighted by Crippen LogP contribution is -1.91. The number of allylic oxidation sites excluding steroid dienone is 1. The van der Waals surface area contributed by atoms with Crippen LogP contribution in [0.15, 0.2) is 6.08 Å². The van der Waals surface area contributed by atoms with E-state index >= 15 is 0 Å². The largest absolute Gasteiger partial charge is 0.359 e. The third kappa shape index (κ3) is 0.917. The second-order valence-electron chi connectivity index (χ2n) is 3.21. The lowest BCUT2D eigenvalue weighted by molar-refractivity contribution is 0.975. The van der Waals surface area contributed by atoms with Crippen LogP contribution in [-0.2, 0) is 6.42 Å². The van der Waals surface area contributed by atoms with E-state index in [1.807, 2.05) is 0 Å². The number of fused-ring (bicyclic) bond motifs is 1. The summed E-state index contributed by atoms with van der Waals surface area (Å²) in [4.78, 5) is 3.38. The highest BCUT2D eigenvalue weighted by molar-refractivity contribution is 5.56. The van der Waals surface area contributed by atoms with Gasteiger partial charge in [0.1, 0.15) is 0 Å². The molecule has 0 fully saturated rings. The molecule has 0 aliphatic heterocycles. The van der Waals surface area contributed by atoms with Crippen LogP contribution in [-0.4, -0.2) is 4.98 Å². The van der Waals surface area contributed by atoms with Crippen molar-refractivity contribution in [1.82, 2.24) is 4.98 Å². The highest BCUT2D eigenvalue weighted by Crippen LogP contribution is 2.23. The van der Waals surface area contributed by atoms with Crippen molar-refractivity contribution in [2.45, 2.75) is 26.7 Å². The summed E-state index contributed by atoms with van der Waals surface area (Å²) in [6, 6.07) is 0. The van der Waals surface area contributed by atoms with E-state index in [0.29, 0.717) is 0 Å². The van der Waals surface area contributed by atoms with Crippen molar-refractivity contribution < 1.29 is 0 Å². The fraction of sp³-hybridized carbons (Fsp3) is 0.400. The summed E-state index contributed by atoms with van der Waals surface area (Å²) < 4.78 is 0. The minimum Gasteiger partial charge on any atom is -0.359 e. The highest BCUT2D eigenvalue weighted by atomic mass is 14.7. The van der Waals surface area contributed by atoms with Gasteiger partial charge in [-0.25, -0.2) is 0 Å². The normalized spacial score (nSPS) is 15.1. The van der Waals surface area contributed by atoms with Crippen molar-refractivity contribution >= 4 is 6.08 Å². The van der Waals surface area contributed by atoms with Gasteiger partial charge in [0.2, 0.25) is 0 Å². The van der Waals surface area contributed by atoms with Gasteiger partial charge in [-0.1, -0.05) is 6.08 Å². The molecule has 0 atom stereocenters. The van der Waals surface area contributed by atoms with Crippen LogP contribution in [0.1, 0.15) is 28.9 Å². The Morgan fingerprint density at radius 2 is 2.18 bits per heavy atom. The molecule has 1 aromatic heterocycles. The van der Waals surface area contributed by atoms with Crippen LogP contribution in [0.2, 0.25) is 0 Å². The van der Waals surface area contributed by atoms with Crippen molar-refractivity contribution in [2.24, 2.45) is 0 Å². The Morgan fingerprint density at radius 3 is 2.91 bits per heavy atom. The second kappa shape index (κ2) is 2.26. The monoisotopic (exact) mass is 147 g/mol. The maximum Gasteiger partial charge on any atom is 0.0414 e. The maximum absolute atomic E-state index is 3.38. The third-order valence-corrected chi connectivity index (χ3v) is 2.51. The van der Waals surface area contributed by atoms with Gasteiger partial charge in [-0.15, -0.1) is 0 Å². The molecule has 58 valence electrons. The number of hydrogen-bond donors (Lipinski definition) is 1. The van der Waals surface area contributed by atoms with E-state index in [0.717, 1.165) is 0 Å². The minimum absolute atomic E-state index is 1.20. The van der Waals surface area contributed by atoms with E-state index in [9.17, 15) is 0 Å². The first-order valence-corrected chi connectivity index (χ1v) is 4.13. The number of nitrogens with one attached hydrogen (secondary N) is 1. The van der Waals surface area contributed by atoms with Gasteiger partial charge in [-0.3, -0.25) is 0 Å². The zero-order valence-electron chi connectivity index (χ0n) is 7.07. The number of hydrogen-bond acceptors (Lipinski definition) is 0. The summed E-state index contributed by atoms with van der Waals surface area (Å²) in [6.07, 6.45) is 6.84. The van der Waals surface area contributed by atoms with Crippen LogP contribution in [0, 0.1) is 13.8 Å². The van der Waals surface area contributed by atoms with Crippen LogP contribution in [0.3, 0.4) is 0 Å². The fourth-order valence-electron chi connectivity index (χ4n) is 1.69. The standard InChI is InChI=1S/C10H13N/c1-7-8(2)11-10-6-4-3-5-9(7)10/h4,6,11H,3,5H2,1-2H3. The summed E-state index contributed by atoms with van der Waals surface area (Å²) in [6.45, 7) is 4.34. The summed E-state index contributed by atoms with van der Waals surface area (Å²) in [5.41, 5.74) is 5.61. The average molecular weight is 147 g/mol. The summed E-state index contributed by atoms with van der Waals surface area (Å²) in [7, 11) is 0. The van der Waals surface area contributed by atoms with Crippen LogP contribution in [0.25, 0.3) is 6.08 Å². The van der Waals surface area contributed by atoms with E-state index in [1.165, 1.54) is 35.4 Å². The van der Waals surface area contributed by atoms with Crippen molar-refractivity contribution in [1.29, 1.82) is 0 Å². The third-order valence-electron chi connectivity index (χ3n) is 2.51. The molecule has 0 saturated heterocycles. The Bertz CT molecular complexity index is 305. The maximum atomic E-state index is 3.38. The quantitative estimate of drug-likeness (QED) is 0.580. The Hall–Kier alpha value is -0.980. The van der Waals surface area contributed by atoms with Crippen LogP contribution >= 0.6 is 0 Å². The van der Waals surface area contributed by atoms with Crippen molar-refractivity contribution in [3.8, 4) is 0 Å². The molecule has 1 heterocycles. The van der Waals surface area contributed by atoms with Crippen LogP contribution in [0.5, 0.6) is 0 Å². The topological polar surface area (TPSA) is 15.8 Å². The van der Waals surface area contributed by atoms with Gasteiger partial charge in [-0.2, -0.15) is 0 Å². The minimum atomic E-state index is 1.20. The van der Waals surface area contributed by atoms with Crippen molar-refractivity contribution in [2.75, 3.05) is 0 Å². The Morgan fingerprint density at radius 1 is 1.36 bits per heavy atom. The smallest absolute Gasteiger partial charge is 0.0414 e. The molecule has 0 saturated carbocycles. The molecule has 0 amide bonds. The Labute approximate surface area is 67.1 Å². The molecule has 0 bridgehead atoms. The van der Waals surface area contributed by atoms with Gasteiger partial charge < -0.3 is 4.98 Å². The Balaban J connectivity index is 2.61. The molecule has 1 heteroatoms. The summed E-state index contributed by atoms with van der Waals surface area (Å²) in [5, 5.41) is 0. The molecular formula is C10H13N. The van der Waals surface area contributed by atoms with E-state index in [-0.39, 0.29) is 0 Å². The van der Waals surface area contributed by atoms with Gasteiger partial charge in [0, 0.05) is 11.4 Å². The number of H-pyrrole nitrogens is 1. The molecule has 0 unspecified atom stereocenters. The first-order chi connectivity index (χ1) is 5.29. The van der Waals surface area contributed by atoms with Crippen LogP contribution in [0.4, 0.5) is 0 Å². The van der Waals surface area contributed by atoms with Crippen molar-refractivity contribution in [3.05, 3.63) is 28.6 Å². The molecule has 0 aromatic carbocycles. The number of rotatable bonds is 0. The molecule has 1 aliphatic rings. The van der Waals surface area contributed by atoms with Gasteiger partial charge in [-0.05, 0) is 43.9 Å². The summed E-state index contributed by atoms with van der Waals surface area (Å²) >= 11 is 0. The lowest BCUT2D eigenvalue weighted by Gasteiger charge is -2.04. The molecular weight excluding hydrogens is 134 g/mol. The lowest BCUT2D eigenvalue weighted by atomic mass is 10.0. The van der Waals surface area contributed by atoms with E-state index in [1.54, 1.807) is 0 Å². The SMILES string of the molecule is Cc1[nH]c2c(c1C)CCC=C2. The number of aromatic nitrogens is 1. The first kappa shape index (κ1) is 6.71. The predicted octanol–water partition coefficient (Wildman–Crippen LogP) is 2.59. The molecule has 0 spiro atoms. The second-order valence-corrected chi connectivity index (χ2v) is 3.21. The molecule has 11 heavy (non-hydrogen) atoms. The number of aromatic amines is 1. The molecule has 1 aliphatic carbocycles. The Kier molecular flexibility index (Phi) is 1.38. The van der Waals surface area contributed by atoms with Gasteiger partial charge in [0.25, 0.3) is 0 Å². The average Bonchev–Trinajstić information content (AvgIpc) is 2.30. The van der Waals surface area contributed by atoms with Crippen LogP contribution < -0.4 is 0 Å². The van der Waals surface area contributed by atoms with Gasteiger partial charge in [0.15, 0.2) is 0 Å². The first-order valence-electron chi connectivity index (χ1n) is 4.13. The summed E-state index contributed by atoms with van der Waals surface area (Å²) in [5.74, 6) is 0. The van der Waals surface area contributed by atoms with E-state index < -0.39 is 0 Å². The predicted molar refractivity (Wildman–Crippen MR) is 47.6 cm³/mol. The molecule has 0 radical (unpaired) electrons. The van der Waals surface area contributed by atoms with E-state index in [2.05, 4.69) is 31.0 Å². The van der Waals surface area contributed by atoms with Crippen molar-refractivity contribution in [3.63, 3.8) is 0 Å². The van der Waals surface area contributed by atoms with E-state index in [4.69, 9.17) is 0 Å². The zero-order chi connectivity index (χ0) is 7.84. The van der Waals surface area contributed by atoms with Gasteiger partial charge >= 0.3 is 0 Å². The number of aryl methyl sites for hydroxylation is 1. The highest BCUT2D eigenvalue weighted by Gasteiger charge is 2.10. The fourth-order valence-corrected chi connectivity index (χ4v) is 1.69. The molecule has 1 aromatic rings. The molecule has 1 nitrogen and oxygen atoms in total. The molecule has 2 rings (SSSR count).